The number of nitrogens with one attached hydrogen (secondary N) is 1. The number of rotatable bonds is 4. The molecule has 0 aliphatic rings. The van der Waals surface area contributed by atoms with Gasteiger partial charge in [0, 0.05) is 24.5 Å². The molecule has 1 aromatic rings. The molecule has 0 aliphatic carbocycles. The van der Waals surface area contributed by atoms with Crippen LogP contribution < -0.4 is 0 Å². The first kappa shape index (κ1) is 10.3. The summed E-state index contributed by atoms with van der Waals surface area (Å²) in [6, 6.07) is 2.05. The summed E-state index contributed by atoms with van der Waals surface area (Å²) in [4.78, 5) is 5.15. The van der Waals surface area contributed by atoms with Crippen LogP contribution in [0.3, 0.4) is 0 Å². The molecule has 0 atom stereocenters. The lowest BCUT2D eigenvalue weighted by Gasteiger charge is -2.33. The Hall–Kier alpha value is -0.800. The average molecular weight is 182 g/mol. The van der Waals surface area contributed by atoms with Crippen molar-refractivity contribution in [1.29, 1.82) is 0 Å². The Bertz CT molecular complexity index is 241. The van der Waals surface area contributed by atoms with Crippen molar-refractivity contribution in [1.82, 2.24) is 9.88 Å². The van der Waals surface area contributed by atoms with Crippen LogP contribution in [0.25, 0.3) is 0 Å². The van der Waals surface area contributed by atoms with Gasteiger partial charge in [0.1, 0.15) is 0 Å². The second-order valence-corrected chi connectivity index (χ2v) is 4.05. The summed E-state index contributed by atoms with van der Waals surface area (Å²) in [5, 5.41) is 9.14. The van der Waals surface area contributed by atoms with E-state index in [0.717, 1.165) is 6.54 Å². The zero-order valence-corrected chi connectivity index (χ0v) is 8.54. The van der Waals surface area contributed by atoms with Crippen molar-refractivity contribution in [3.05, 3.63) is 24.0 Å². The molecular weight excluding hydrogens is 164 g/mol. The summed E-state index contributed by atoms with van der Waals surface area (Å²) in [5.74, 6) is 0. The van der Waals surface area contributed by atoms with Crippen LogP contribution in [0.5, 0.6) is 0 Å². The molecule has 0 aliphatic heterocycles. The third-order valence-corrected chi connectivity index (χ3v) is 2.50. The average Bonchev–Trinajstić information content (AvgIpc) is 2.57. The molecule has 1 heterocycles. The number of aliphatic hydroxyl groups excluding tert-OH is 1. The van der Waals surface area contributed by atoms with E-state index >= 15 is 0 Å². The highest BCUT2D eigenvalue weighted by Crippen LogP contribution is 2.14. The Morgan fingerprint density at radius 2 is 2.23 bits per heavy atom. The number of nitrogens with zero attached hydrogens (tertiary/aromatic N) is 1. The lowest BCUT2D eigenvalue weighted by Crippen LogP contribution is -2.43. The standard InChI is InChI=1S/C10H18N2O/c1-10(2,8-13)12(3)7-9-4-5-11-6-9/h4-6,11,13H,7-8H2,1-3H3. The number of aromatic amines is 1. The zero-order chi connectivity index (χ0) is 9.90. The van der Waals surface area contributed by atoms with Gasteiger partial charge in [-0.1, -0.05) is 0 Å². The van der Waals surface area contributed by atoms with Gasteiger partial charge in [-0.2, -0.15) is 0 Å². The van der Waals surface area contributed by atoms with Gasteiger partial charge in [-0.15, -0.1) is 0 Å². The second kappa shape index (κ2) is 3.94. The second-order valence-electron chi connectivity index (χ2n) is 4.05. The molecule has 0 fully saturated rings. The van der Waals surface area contributed by atoms with E-state index in [2.05, 4.69) is 9.88 Å². The van der Waals surface area contributed by atoms with Crippen LogP contribution >= 0.6 is 0 Å². The first-order valence-electron chi connectivity index (χ1n) is 4.50. The molecule has 0 aromatic carbocycles. The normalized spacial score (nSPS) is 12.4. The van der Waals surface area contributed by atoms with Crippen LogP contribution in [0.2, 0.25) is 0 Å². The van der Waals surface area contributed by atoms with E-state index in [1.165, 1.54) is 5.56 Å². The Labute approximate surface area is 79.4 Å². The number of aliphatic hydroxyl groups is 1. The summed E-state index contributed by atoms with van der Waals surface area (Å²) in [7, 11) is 2.02. The quantitative estimate of drug-likeness (QED) is 0.735. The van der Waals surface area contributed by atoms with E-state index in [1.807, 2.05) is 39.4 Å². The number of hydrogen-bond acceptors (Lipinski definition) is 2. The van der Waals surface area contributed by atoms with Crippen LogP contribution in [-0.2, 0) is 6.54 Å². The smallest absolute Gasteiger partial charge is 0.0610 e. The predicted molar refractivity (Wildman–Crippen MR) is 53.4 cm³/mol. The highest BCUT2D eigenvalue weighted by Gasteiger charge is 2.22. The largest absolute Gasteiger partial charge is 0.394 e. The summed E-state index contributed by atoms with van der Waals surface area (Å²) >= 11 is 0. The lowest BCUT2D eigenvalue weighted by atomic mass is 10.0. The molecule has 0 saturated heterocycles. The molecule has 74 valence electrons. The highest BCUT2D eigenvalue weighted by atomic mass is 16.3. The van der Waals surface area contributed by atoms with Crippen molar-refractivity contribution in [3.63, 3.8) is 0 Å². The molecule has 2 N–H and O–H groups in total. The monoisotopic (exact) mass is 182 g/mol. The molecule has 0 unspecified atom stereocenters. The Morgan fingerprint density at radius 3 is 2.69 bits per heavy atom. The topological polar surface area (TPSA) is 39.3 Å². The van der Waals surface area contributed by atoms with Crippen LogP contribution in [0.1, 0.15) is 19.4 Å². The zero-order valence-electron chi connectivity index (χ0n) is 8.54. The summed E-state index contributed by atoms with van der Waals surface area (Å²) in [5.41, 5.74) is 1.08. The molecule has 0 radical (unpaired) electrons. The Kier molecular flexibility index (Phi) is 3.12. The SMILES string of the molecule is CN(Cc1cc[nH]c1)C(C)(C)CO. The number of aromatic nitrogens is 1. The summed E-state index contributed by atoms with van der Waals surface area (Å²) in [6.45, 7) is 5.09. The molecule has 0 spiro atoms. The Morgan fingerprint density at radius 1 is 1.54 bits per heavy atom. The predicted octanol–water partition coefficient (Wildman–Crippen LogP) is 1.22. The van der Waals surface area contributed by atoms with Crippen LogP contribution in [0.15, 0.2) is 18.5 Å². The maximum Gasteiger partial charge on any atom is 0.0610 e. The molecule has 3 heteroatoms. The van der Waals surface area contributed by atoms with Crippen molar-refractivity contribution in [2.24, 2.45) is 0 Å². The van der Waals surface area contributed by atoms with E-state index in [-0.39, 0.29) is 12.1 Å². The van der Waals surface area contributed by atoms with Gasteiger partial charge in [0.25, 0.3) is 0 Å². The van der Waals surface area contributed by atoms with Gasteiger partial charge in [-0.05, 0) is 32.5 Å². The first-order chi connectivity index (χ1) is 6.06. The molecule has 1 aromatic heterocycles. The molecule has 13 heavy (non-hydrogen) atoms. The van der Waals surface area contributed by atoms with Gasteiger partial charge in [-0.3, -0.25) is 4.90 Å². The van der Waals surface area contributed by atoms with Gasteiger partial charge < -0.3 is 10.1 Å². The van der Waals surface area contributed by atoms with E-state index < -0.39 is 0 Å². The van der Waals surface area contributed by atoms with Gasteiger partial charge in [-0.25, -0.2) is 0 Å². The number of hydrogen-bond donors (Lipinski definition) is 2. The summed E-state index contributed by atoms with van der Waals surface area (Å²) in [6.07, 6.45) is 3.89. The van der Waals surface area contributed by atoms with Crippen molar-refractivity contribution in [3.8, 4) is 0 Å². The van der Waals surface area contributed by atoms with Gasteiger partial charge in [0.2, 0.25) is 0 Å². The maximum absolute atomic E-state index is 9.14. The molecule has 0 bridgehead atoms. The highest BCUT2D eigenvalue weighted by molar-refractivity contribution is 5.08. The van der Waals surface area contributed by atoms with Gasteiger partial charge in [0.15, 0.2) is 0 Å². The van der Waals surface area contributed by atoms with E-state index in [1.54, 1.807) is 0 Å². The molecule has 0 saturated carbocycles. The lowest BCUT2D eigenvalue weighted by molar-refractivity contribution is 0.0734. The molecule has 0 amide bonds. The number of likely N-dealkylation sites (N-methyl/N-ethyl adjacent to an activating group) is 1. The molecular formula is C10H18N2O. The van der Waals surface area contributed by atoms with Crippen molar-refractivity contribution < 1.29 is 5.11 Å². The minimum Gasteiger partial charge on any atom is -0.394 e. The maximum atomic E-state index is 9.14. The molecule has 3 nitrogen and oxygen atoms in total. The van der Waals surface area contributed by atoms with Gasteiger partial charge in [0.05, 0.1) is 6.61 Å². The fourth-order valence-electron chi connectivity index (χ4n) is 1.07. The minimum atomic E-state index is -0.155. The van der Waals surface area contributed by atoms with Crippen molar-refractivity contribution in [2.75, 3.05) is 13.7 Å². The third kappa shape index (κ3) is 2.57. The van der Waals surface area contributed by atoms with Crippen LogP contribution in [0, 0.1) is 0 Å². The fraction of sp³-hybridized carbons (Fsp3) is 0.600. The van der Waals surface area contributed by atoms with Gasteiger partial charge >= 0.3 is 0 Å². The van der Waals surface area contributed by atoms with Crippen molar-refractivity contribution in [2.45, 2.75) is 25.9 Å². The number of H-pyrrole nitrogens is 1. The molecule has 1 rings (SSSR count). The van der Waals surface area contributed by atoms with Crippen LogP contribution in [-0.4, -0.2) is 34.2 Å². The van der Waals surface area contributed by atoms with Crippen molar-refractivity contribution >= 4 is 0 Å². The van der Waals surface area contributed by atoms with E-state index in [9.17, 15) is 0 Å². The fourth-order valence-corrected chi connectivity index (χ4v) is 1.07. The third-order valence-electron chi connectivity index (χ3n) is 2.50. The van der Waals surface area contributed by atoms with E-state index in [0.29, 0.717) is 0 Å². The summed E-state index contributed by atoms with van der Waals surface area (Å²) < 4.78 is 0. The Balaban J connectivity index is 2.55. The van der Waals surface area contributed by atoms with E-state index in [4.69, 9.17) is 5.11 Å². The first-order valence-corrected chi connectivity index (χ1v) is 4.50. The minimum absolute atomic E-state index is 0.155. The van der Waals surface area contributed by atoms with Crippen LogP contribution in [0.4, 0.5) is 0 Å².